The predicted molar refractivity (Wildman–Crippen MR) is 179 cm³/mol. The molecule has 2 heterocycles. The lowest BCUT2D eigenvalue weighted by Crippen LogP contribution is -2.20. The van der Waals surface area contributed by atoms with Crippen LogP contribution in [0.3, 0.4) is 0 Å². The summed E-state index contributed by atoms with van der Waals surface area (Å²) in [4.78, 5) is 1.17. The second-order valence-electron chi connectivity index (χ2n) is 10.3. The molecule has 0 spiro atoms. The van der Waals surface area contributed by atoms with Gasteiger partial charge in [-0.05, 0) is 50.9 Å². The van der Waals surface area contributed by atoms with E-state index in [2.05, 4.69) is 150 Å². The number of rotatable bonds is 6. The molecule has 0 amide bonds. The van der Waals surface area contributed by atoms with Crippen LogP contribution < -0.4 is 5.32 Å². The summed E-state index contributed by atoms with van der Waals surface area (Å²) in [6.45, 7) is 0. The van der Waals surface area contributed by atoms with Crippen LogP contribution in [0, 0.1) is 5.41 Å². The van der Waals surface area contributed by atoms with Gasteiger partial charge in [-0.1, -0.05) is 140 Å². The Morgan fingerprint density at radius 1 is 0.524 bits per heavy atom. The van der Waals surface area contributed by atoms with Crippen molar-refractivity contribution in [1.82, 2.24) is 5.32 Å². The Morgan fingerprint density at radius 2 is 1.07 bits per heavy atom. The Kier molecular flexibility index (Phi) is 6.93. The minimum Gasteiger partial charge on any atom is -0.353 e. The Balaban J connectivity index is 1.38. The highest BCUT2D eigenvalue weighted by Gasteiger charge is 2.24. The first-order valence-corrected chi connectivity index (χ1v) is 14.9. The van der Waals surface area contributed by atoms with E-state index in [1.165, 1.54) is 16.0 Å². The molecule has 0 atom stereocenters. The van der Waals surface area contributed by atoms with E-state index in [0.717, 1.165) is 50.3 Å². The van der Waals surface area contributed by atoms with Crippen LogP contribution >= 0.6 is 11.3 Å². The molecule has 0 saturated heterocycles. The minimum atomic E-state index is 0.479. The Bertz CT molecular complexity index is 1910. The number of hydrogen-bond acceptors (Lipinski definition) is 3. The first-order valence-electron chi connectivity index (χ1n) is 14.0. The van der Waals surface area contributed by atoms with Gasteiger partial charge in [0.25, 0.3) is 0 Å². The lowest BCUT2D eigenvalue weighted by atomic mass is 9.87. The van der Waals surface area contributed by atoms with Crippen LogP contribution in [0.5, 0.6) is 0 Å². The molecular formula is C39H28N2S. The largest absolute Gasteiger partial charge is 0.353 e. The van der Waals surface area contributed by atoms with Crippen molar-refractivity contribution in [3.63, 3.8) is 0 Å². The fraction of sp³-hybridized carbons (Fsp3) is 0. The van der Waals surface area contributed by atoms with Gasteiger partial charge in [0.15, 0.2) is 0 Å². The highest BCUT2D eigenvalue weighted by Crippen LogP contribution is 2.37. The molecule has 0 radical (unpaired) electrons. The molecule has 0 fully saturated rings. The molecule has 5 aromatic carbocycles. The van der Waals surface area contributed by atoms with Crippen molar-refractivity contribution in [1.29, 1.82) is 5.41 Å². The Morgan fingerprint density at radius 3 is 1.67 bits per heavy atom. The monoisotopic (exact) mass is 556 g/mol. The molecule has 3 heteroatoms. The van der Waals surface area contributed by atoms with Gasteiger partial charge >= 0.3 is 0 Å². The molecule has 1 aliphatic rings. The van der Waals surface area contributed by atoms with E-state index in [1.54, 1.807) is 11.3 Å². The maximum Gasteiger partial charge on any atom is 0.0711 e. The highest BCUT2D eigenvalue weighted by atomic mass is 32.1. The van der Waals surface area contributed by atoms with Gasteiger partial charge in [-0.3, -0.25) is 5.41 Å². The Labute approximate surface area is 250 Å². The van der Waals surface area contributed by atoms with E-state index in [4.69, 9.17) is 0 Å². The van der Waals surface area contributed by atoms with Gasteiger partial charge in [0, 0.05) is 16.7 Å². The van der Waals surface area contributed by atoms with Gasteiger partial charge in [-0.25, -0.2) is 0 Å². The second-order valence-corrected chi connectivity index (χ2v) is 11.2. The van der Waals surface area contributed by atoms with Crippen molar-refractivity contribution in [3.05, 3.63) is 178 Å². The summed E-state index contributed by atoms with van der Waals surface area (Å²) in [5.41, 5.74) is 12.1. The third-order valence-corrected chi connectivity index (χ3v) is 8.54. The van der Waals surface area contributed by atoms with Crippen LogP contribution in [-0.2, 0) is 0 Å². The molecule has 2 N–H and O–H groups in total. The molecule has 200 valence electrons. The number of allylic oxidation sites excluding steroid dienone is 1. The van der Waals surface area contributed by atoms with Crippen LogP contribution in [-0.4, -0.2) is 5.71 Å². The number of fused-ring (bicyclic) bond motifs is 1. The molecule has 6 aromatic rings. The topological polar surface area (TPSA) is 35.9 Å². The van der Waals surface area contributed by atoms with Gasteiger partial charge in [0.1, 0.15) is 0 Å². The van der Waals surface area contributed by atoms with Gasteiger partial charge in [-0.2, -0.15) is 0 Å². The first-order chi connectivity index (χ1) is 20.7. The number of hydrogen-bond donors (Lipinski definition) is 2. The normalized spacial score (nSPS) is 13.5. The quantitative estimate of drug-likeness (QED) is 0.197. The number of thiophene rings is 1. The maximum absolute atomic E-state index is 9.62. The molecule has 0 bridgehead atoms. The smallest absolute Gasteiger partial charge is 0.0711 e. The van der Waals surface area contributed by atoms with Crippen LogP contribution in [0.25, 0.3) is 45.3 Å². The van der Waals surface area contributed by atoms with E-state index in [-0.39, 0.29) is 0 Å². The SMILES string of the molecule is N=C(/C(=C1\NC(c2cccs2)=Cc2ccccc21)c1ccc(-c2ccccc2)cc1)c1ccc(-c2ccccc2)cc1. The fourth-order valence-corrected chi connectivity index (χ4v) is 6.18. The molecular weight excluding hydrogens is 529 g/mol. The predicted octanol–water partition coefficient (Wildman–Crippen LogP) is 10.1. The fourth-order valence-electron chi connectivity index (χ4n) is 5.48. The molecule has 0 saturated carbocycles. The van der Waals surface area contributed by atoms with Crippen molar-refractivity contribution >= 4 is 40.1 Å². The minimum absolute atomic E-state index is 0.479. The summed E-state index contributed by atoms with van der Waals surface area (Å²) in [5, 5.41) is 15.5. The van der Waals surface area contributed by atoms with Crippen molar-refractivity contribution < 1.29 is 0 Å². The van der Waals surface area contributed by atoms with Gasteiger partial charge in [0.2, 0.25) is 0 Å². The molecule has 1 aliphatic heterocycles. The molecule has 2 nitrogen and oxygen atoms in total. The summed E-state index contributed by atoms with van der Waals surface area (Å²) in [6, 6.07) is 50.4. The van der Waals surface area contributed by atoms with Crippen LogP contribution in [0.4, 0.5) is 0 Å². The highest BCUT2D eigenvalue weighted by molar-refractivity contribution is 7.11. The first kappa shape index (κ1) is 25.7. The van der Waals surface area contributed by atoms with E-state index in [1.807, 2.05) is 12.1 Å². The van der Waals surface area contributed by atoms with Gasteiger partial charge < -0.3 is 5.32 Å². The van der Waals surface area contributed by atoms with Gasteiger partial charge in [-0.15, -0.1) is 11.3 Å². The zero-order chi connectivity index (χ0) is 28.3. The zero-order valence-electron chi connectivity index (χ0n) is 22.9. The van der Waals surface area contributed by atoms with Crippen molar-refractivity contribution in [3.8, 4) is 22.3 Å². The van der Waals surface area contributed by atoms with E-state index >= 15 is 0 Å². The van der Waals surface area contributed by atoms with Gasteiger partial charge in [0.05, 0.1) is 22.0 Å². The number of benzene rings is 5. The summed E-state index contributed by atoms with van der Waals surface area (Å²) in [7, 11) is 0. The maximum atomic E-state index is 9.62. The average molecular weight is 557 g/mol. The molecule has 0 unspecified atom stereocenters. The third-order valence-electron chi connectivity index (χ3n) is 7.64. The van der Waals surface area contributed by atoms with E-state index in [0.29, 0.717) is 5.71 Å². The lowest BCUT2D eigenvalue weighted by molar-refractivity contribution is 1.23. The standard InChI is InChI=1S/C39H28N2S/c40-38(32-23-19-30(20-24-32)28-12-5-2-6-13-28)37(31-21-17-29(18-22-31)27-10-3-1-4-11-27)39-34-15-8-7-14-33(34)26-35(41-39)36-16-9-25-42-36/h1-26,40-41H/b39-37-,40-38?. The lowest BCUT2D eigenvalue weighted by Gasteiger charge is -2.25. The number of nitrogens with one attached hydrogen (secondary N) is 2. The van der Waals surface area contributed by atoms with Crippen LogP contribution in [0.2, 0.25) is 0 Å². The third kappa shape index (κ3) is 5.03. The average Bonchev–Trinajstić information content (AvgIpc) is 3.61. The summed E-state index contributed by atoms with van der Waals surface area (Å²) in [6.07, 6.45) is 2.21. The Hall–Kier alpha value is -5.25. The molecule has 7 rings (SSSR count). The van der Waals surface area contributed by atoms with Crippen molar-refractivity contribution in [2.45, 2.75) is 0 Å². The molecule has 42 heavy (non-hydrogen) atoms. The van der Waals surface area contributed by atoms with Crippen LogP contribution in [0.15, 0.2) is 151 Å². The van der Waals surface area contributed by atoms with E-state index in [9.17, 15) is 5.41 Å². The summed E-state index contributed by atoms with van der Waals surface area (Å²) in [5.74, 6) is 0. The van der Waals surface area contributed by atoms with E-state index < -0.39 is 0 Å². The summed E-state index contributed by atoms with van der Waals surface area (Å²) < 4.78 is 0. The molecule has 0 aliphatic carbocycles. The zero-order valence-corrected chi connectivity index (χ0v) is 23.7. The van der Waals surface area contributed by atoms with Crippen molar-refractivity contribution in [2.75, 3.05) is 0 Å². The summed E-state index contributed by atoms with van der Waals surface area (Å²) >= 11 is 1.71. The second kappa shape index (κ2) is 11.3. The van der Waals surface area contributed by atoms with Crippen molar-refractivity contribution in [2.24, 2.45) is 0 Å². The van der Waals surface area contributed by atoms with Crippen LogP contribution in [0.1, 0.15) is 27.1 Å². The molecule has 1 aromatic heterocycles.